The largest absolute Gasteiger partial charge is 0.481 e. The summed E-state index contributed by atoms with van der Waals surface area (Å²) in [7, 11) is 0. The number of carboxylic acid groups (broad SMARTS) is 1. The van der Waals surface area contributed by atoms with Crippen molar-refractivity contribution in [3.8, 4) is 6.07 Å². The number of benzene rings is 1. The van der Waals surface area contributed by atoms with Crippen molar-refractivity contribution >= 4 is 40.0 Å². The molecule has 11 nitrogen and oxygen atoms in total. The van der Waals surface area contributed by atoms with Gasteiger partial charge >= 0.3 is 5.97 Å². The summed E-state index contributed by atoms with van der Waals surface area (Å²) in [6.45, 7) is 2.69. The summed E-state index contributed by atoms with van der Waals surface area (Å²) in [6, 6.07) is 10.1. The number of carboxylic acids is 1. The lowest BCUT2D eigenvalue weighted by atomic mass is 9.97. The van der Waals surface area contributed by atoms with Crippen molar-refractivity contribution in [3.63, 3.8) is 0 Å². The van der Waals surface area contributed by atoms with E-state index in [1.165, 1.54) is 6.20 Å². The van der Waals surface area contributed by atoms with Crippen LogP contribution in [0.1, 0.15) is 25.7 Å². The van der Waals surface area contributed by atoms with Gasteiger partial charge in [-0.1, -0.05) is 0 Å². The molecule has 5 rings (SSSR count). The molecule has 0 radical (unpaired) electrons. The molecular formula is C24H26N8O3. The zero-order valence-corrected chi connectivity index (χ0v) is 19.1. The van der Waals surface area contributed by atoms with Crippen LogP contribution in [0.5, 0.6) is 0 Å². The highest BCUT2D eigenvalue weighted by Gasteiger charge is 2.25. The first-order valence-corrected chi connectivity index (χ1v) is 11.8. The van der Waals surface area contributed by atoms with E-state index in [1.54, 1.807) is 0 Å². The van der Waals surface area contributed by atoms with Crippen LogP contribution in [0.15, 0.2) is 35.3 Å². The molecule has 0 spiro atoms. The van der Waals surface area contributed by atoms with Crippen molar-refractivity contribution in [2.45, 2.75) is 25.7 Å². The SMILES string of the molecule is N#CC1CCCN(c2nc(Nc3ccc(N4CCC(C(=O)O)CC4)cc3)c3c(=O)[nH]ncc3n2)C1. The van der Waals surface area contributed by atoms with Crippen LogP contribution in [-0.4, -0.2) is 57.4 Å². The van der Waals surface area contributed by atoms with Crippen LogP contribution in [0.3, 0.4) is 0 Å². The van der Waals surface area contributed by atoms with Crippen LogP contribution in [-0.2, 0) is 4.79 Å². The molecule has 3 aromatic rings. The minimum Gasteiger partial charge on any atom is -0.481 e. The Bertz CT molecular complexity index is 1330. The highest BCUT2D eigenvalue weighted by atomic mass is 16.4. The number of fused-ring (bicyclic) bond motifs is 1. The lowest BCUT2D eigenvalue weighted by Crippen LogP contribution is -2.36. The maximum atomic E-state index is 12.6. The molecule has 1 aromatic carbocycles. The average molecular weight is 475 g/mol. The van der Waals surface area contributed by atoms with Gasteiger partial charge in [0.2, 0.25) is 5.95 Å². The lowest BCUT2D eigenvalue weighted by Gasteiger charge is -2.32. The predicted molar refractivity (Wildman–Crippen MR) is 131 cm³/mol. The number of nitriles is 1. The number of rotatable bonds is 5. The number of nitrogens with zero attached hydrogens (tertiary/aromatic N) is 6. The predicted octanol–water partition coefficient (Wildman–Crippen LogP) is 2.50. The van der Waals surface area contributed by atoms with Crippen molar-refractivity contribution in [1.29, 1.82) is 5.26 Å². The third-order valence-electron chi connectivity index (χ3n) is 6.73. The second-order valence-electron chi connectivity index (χ2n) is 9.02. The molecule has 4 heterocycles. The van der Waals surface area contributed by atoms with Gasteiger partial charge in [-0.25, -0.2) is 10.1 Å². The molecule has 1 unspecified atom stereocenters. The fourth-order valence-electron chi connectivity index (χ4n) is 4.76. The topological polar surface area (TPSA) is 151 Å². The molecule has 0 amide bonds. The Morgan fingerprint density at radius 3 is 2.60 bits per heavy atom. The summed E-state index contributed by atoms with van der Waals surface area (Å²) in [5.74, 6) is -0.236. The van der Waals surface area contributed by atoms with E-state index >= 15 is 0 Å². The summed E-state index contributed by atoms with van der Waals surface area (Å²) in [5.41, 5.74) is 1.82. The van der Waals surface area contributed by atoms with E-state index in [1.807, 2.05) is 29.2 Å². The Balaban J connectivity index is 1.40. The Kier molecular flexibility index (Phi) is 6.18. The third-order valence-corrected chi connectivity index (χ3v) is 6.73. The number of anilines is 4. The van der Waals surface area contributed by atoms with Crippen molar-refractivity contribution in [2.24, 2.45) is 11.8 Å². The fourth-order valence-corrected chi connectivity index (χ4v) is 4.76. The number of H-pyrrole nitrogens is 1. The first kappa shape index (κ1) is 22.6. The minimum absolute atomic E-state index is 0.0788. The number of aromatic amines is 1. The maximum absolute atomic E-state index is 12.6. The van der Waals surface area contributed by atoms with E-state index in [2.05, 4.69) is 36.5 Å². The van der Waals surface area contributed by atoms with E-state index in [0.717, 1.165) is 30.8 Å². The van der Waals surface area contributed by atoms with Gasteiger partial charge in [0.25, 0.3) is 5.56 Å². The van der Waals surface area contributed by atoms with Gasteiger partial charge in [-0.05, 0) is 49.9 Å². The van der Waals surface area contributed by atoms with Gasteiger partial charge in [0.1, 0.15) is 16.7 Å². The number of hydrogen-bond donors (Lipinski definition) is 3. The van der Waals surface area contributed by atoms with E-state index in [9.17, 15) is 20.0 Å². The summed E-state index contributed by atoms with van der Waals surface area (Å²) < 4.78 is 0. The summed E-state index contributed by atoms with van der Waals surface area (Å²) >= 11 is 0. The van der Waals surface area contributed by atoms with Gasteiger partial charge in [-0.2, -0.15) is 15.3 Å². The van der Waals surface area contributed by atoms with Crippen LogP contribution in [0.25, 0.3) is 10.9 Å². The van der Waals surface area contributed by atoms with Crippen LogP contribution in [0.2, 0.25) is 0 Å². The molecule has 0 saturated carbocycles. The number of carbonyl (C=O) groups is 1. The van der Waals surface area contributed by atoms with Gasteiger partial charge in [0.05, 0.1) is 24.1 Å². The molecule has 35 heavy (non-hydrogen) atoms. The Hall–Kier alpha value is -4.20. The first-order chi connectivity index (χ1) is 17.0. The molecule has 2 aliphatic rings. The Morgan fingerprint density at radius 1 is 1.11 bits per heavy atom. The number of nitrogens with one attached hydrogen (secondary N) is 2. The second-order valence-corrected chi connectivity index (χ2v) is 9.02. The molecule has 2 aliphatic heterocycles. The van der Waals surface area contributed by atoms with Gasteiger partial charge in [-0.3, -0.25) is 9.59 Å². The maximum Gasteiger partial charge on any atom is 0.306 e. The molecule has 180 valence electrons. The fraction of sp³-hybridized carbons (Fsp3) is 0.417. The summed E-state index contributed by atoms with van der Waals surface area (Å²) in [6.07, 6.45) is 4.49. The van der Waals surface area contributed by atoms with E-state index in [4.69, 9.17) is 0 Å². The second kappa shape index (κ2) is 9.58. The Morgan fingerprint density at radius 2 is 1.89 bits per heavy atom. The number of aliphatic carboxylic acids is 1. The van der Waals surface area contributed by atoms with Crippen LogP contribution in [0.4, 0.5) is 23.1 Å². The molecule has 2 aromatic heterocycles. The molecule has 3 N–H and O–H groups in total. The number of hydrogen-bond acceptors (Lipinski definition) is 9. The zero-order chi connectivity index (χ0) is 24.4. The average Bonchev–Trinajstić information content (AvgIpc) is 2.89. The normalized spacial score (nSPS) is 18.9. The molecular weight excluding hydrogens is 448 g/mol. The molecule has 1 atom stereocenters. The molecule has 2 saturated heterocycles. The third kappa shape index (κ3) is 4.73. The van der Waals surface area contributed by atoms with Crippen LogP contribution < -0.4 is 20.7 Å². The van der Waals surface area contributed by atoms with Crippen molar-refractivity contribution in [3.05, 3.63) is 40.8 Å². The van der Waals surface area contributed by atoms with E-state index < -0.39 is 5.97 Å². The zero-order valence-electron chi connectivity index (χ0n) is 19.1. The van der Waals surface area contributed by atoms with Gasteiger partial charge in [0, 0.05) is 37.6 Å². The van der Waals surface area contributed by atoms with Gasteiger partial charge in [-0.15, -0.1) is 0 Å². The van der Waals surface area contributed by atoms with Crippen molar-refractivity contribution in [1.82, 2.24) is 20.2 Å². The molecule has 0 aliphatic carbocycles. The summed E-state index contributed by atoms with van der Waals surface area (Å²) in [4.78, 5) is 37.2. The highest BCUT2D eigenvalue weighted by molar-refractivity contribution is 5.90. The van der Waals surface area contributed by atoms with Crippen LogP contribution in [0, 0.1) is 23.2 Å². The minimum atomic E-state index is -0.724. The molecule has 2 fully saturated rings. The van der Waals surface area contributed by atoms with E-state index in [0.29, 0.717) is 55.1 Å². The van der Waals surface area contributed by atoms with E-state index in [-0.39, 0.29) is 17.4 Å². The first-order valence-electron chi connectivity index (χ1n) is 11.8. The monoisotopic (exact) mass is 474 g/mol. The standard InChI is InChI=1S/C24H26N8O3/c25-12-15-2-1-9-32(14-15)24-28-19-13-26-30-22(33)20(19)21(29-24)27-17-3-5-18(6-4-17)31-10-7-16(8-11-31)23(34)35/h3-6,13,15-16H,1-2,7-11,14H2,(H,30,33)(H,34,35)(H,27,28,29). The van der Waals surface area contributed by atoms with Gasteiger partial charge < -0.3 is 20.2 Å². The van der Waals surface area contributed by atoms with Gasteiger partial charge in [0.15, 0.2) is 0 Å². The smallest absolute Gasteiger partial charge is 0.306 e. The van der Waals surface area contributed by atoms with Crippen LogP contribution >= 0.6 is 0 Å². The highest BCUT2D eigenvalue weighted by Crippen LogP contribution is 2.28. The van der Waals surface area contributed by atoms with Crippen molar-refractivity contribution in [2.75, 3.05) is 41.3 Å². The quantitative estimate of drug-likeness (QED) is 0.503. The van der Waals surface area contributed by atoms with Crippen molar-refractivity contribution < 1.29 is 9.90 Å². The number of aromatic nitrogens is 4. The Labute approximate surface area is 201 Å². The molecule has 0 bridgehead atoms. The number of piperidine rings is 2. The summed E-state index contributed by atoms with van der Waals surface area (Å²) in [5, 5.41) is 28.5. The molecule has 11 heteroatoms. The lowest BCUT2D eigenvalue weighted by molar-refractivity contribution is -0.142.